The van der Waals surface area contributed by atoms with E-state index in [2.05, 4.69) is 0 Å². The third-order valence-electron chi connectivity index (χ3n) is 3.36. The number of likely N-dealkylation sites (tertiary alicyclic amines) is 1. The third-order valence-corrected chi connectivity index (χ3v) is 5.28. The van der Waals surface area contributed by atoms with Crippen LogP contribution in [0.15, 0.2) is 0 Å². The number of alkyl halides is 1. The molecule has 0 aromatic carbocycles. The summed E-state index contributed by atoms with van der Waals surface area (Å²) in [6, 6.07) is 0. The lowest BCUT2D eigenvalue weighted by molar-refractivity contribution is -0.150. The molecule has 0 bridgehead atoms. The number of carboxylic acid groups (broad SMARTS) is 1. The van der Waals surface area contributed by atoms with Crippen molar-refractivity contribution in [2.45, 2.75) is 25.9 Å². The van der Waals surface area contributed by atoms with Crippen LogP contribution in [0.5, 0.6) is 0 Å². The van der Waals surface area contributed by atoms with E-state index in [9.17, 15) is 22.4 Å². The van der Waals surface area contributed by atoms with Crippen molar-refractivity contribution in [3.05, 3.63) is 0 Å². The Hall–Kier alpha value is -1.22. The van der Waals surface area contributed by atoms with E-state index in [-0.39, 0.29) is 26.1 Å². The van der Waals surface area contributed by atoms with Crippen molar-refractivity contribution >= 4 is 21.9 Å². The predicted molar refractivity (Wildman–Crippen MR) is 69.4 cm³/mol. The Kier molecular flexibility index (Phi) is 5.09. The maximum absolute atomic E-state index is 13.8. The third kappa shape index (κ3) is 3.45. The zero-order chi connectivity index (χ0) is 15.6. The van der Waals surface area contributed by atoms with Crippen LogP contribution in [0.25, 0.3) is 0 Å². The van der Waals surface area contributed by atoms with Crippen LogP contribution in [0.4, 0.5) is 4.39 Å². The molecule has 1 heterocycles. The van der Waals surface area contributed by atoms with E-state index in [4.69, 9.17) is 5.11 Å². The van der Waals surface area contributed by atoms with Gasteiger partial charge in [0, 0.05) is 26.1 Å². The molecule has 1 unspecified atom stereocenters. The minimum atomic E-state index is -3.74. The number of aliphatic carboxylic acids is 1. The molecule has 1 atom stereocenters. The fourth-order valence-corrected chi connectivity index (χ4v) is 3.58. The summed E-state index contributed by atoms with van der Waals surface area (Å²) in [4.78, 5) is 23.6. The van der Waals surface area contributed by atoms with E-state index < -0.39 is 39.9 Å². The lowest BCUT2D eigenvalue weighted by Gasteiger charge is -2.21. The molecule has 0 aromatic heterocycles. The molecule has 1 fully saturated rings. The van der Waals surface area contributed by atoms with Crippen molar-refractivity contribution in [3.8, 4) is 0 Å². The smallest absolute Gasteiger partial charge is 0.343 e. The molecule has 1 aliphatic heterocycles. The van der Waals surface area contributed by atoms with Gasteiger partial charge in [-0.1, -0.05) is 13.8 Å². The summed E-state index contributed by atoms with van der Waals surface area (Å²) in [6.45, 7) is 3.10. The van der Waals surface area contributed by atoms with Gasteiger partial charge in [-0.15, -0.1) is 0 Å². The number of carboxylic acids is 1. The van der Waals surface area contributed by atoms with E-state index in [1.807, 2.05) is 0 Å². The van der Waals surface area contributed by atoms with E-state index in [1.54, 1.807) is 13.8 Å². The summed E-state index contributed by atoms with van der Waals surface area (Å²) in [5.74, 6) is -3.15. The first-order valence-corrected chi connectivity index (χ1v) is 7.95. The van der Waals surface area contributed by atoms with Crippen LogP contribution in [-0.4, -0.2) is 72.2 Å². The number of hydrogen-bond donors (Lipinski definition) is 1. The van der Waals surface area contributed by atoms with Crippen LogP contribution in [0.1, 0.15) is 20.3 Å². The molecule has 0 aromatic rings. The van der Waals surface area contributed by atoms with Gasteiger partial charge in [0.15, 0.2) is 0 Å². The number of amides is 1. The molecule has 116 valence electrons. The molecule has 1 saturated heterocycles. The van der Waals surface area contributed by atoms with Gasteiger partial charge in [0.1, 0.15) is 5.75 Å². The van der Waals surface area contributed by atoms with Gasteiger partial charge in [-0.05, 0) is 0 Å². The van der Waals surface area contributed by atoms with Crippen molar-refractivity contribution in [3.63, 3.8) is 0 Å². The van der Waals surface area contributed by atoms with Crippen LogP contribution >= 0.6 is 0 Å². The Balaban J connectivity index is 2.72. The highest BCUT2D eigenvalue weighted by molar-refractivity contribution is 7.89. The van der Waals surface area contributed by atoms with E-state index in [1.165, 1.54) is 0 Å². The van der Waals surface area contributed by atoms with Crippen molar-refractivity contribution < 1.29 is 27.5 Å². The molecule has 0 saturated carbocycles. The minimum absolute atomic E-state index is 0.0879. The largest absolute Gasteiger partial charge is 0.479 e. The van der Waals surface area contributed by atoms with Gasteiger partial charge < -0.3 is 10.0 Å². The fourth-order valence-electron chi connectivity index (χ4n) is 2.12. The number of halogens is 1. The summed E-state index contributed by atoms with van der Waals surface area (Å²) >= 11 is 0. The van der Waals surface area contributed by atoms with Crippen LogP contribution in [0.3, 0.4) is 0 Å². The van der Waals surface area contributed by atoms with E-state index in [0.717, 1.165) is 9.21 Å². The number of carbonyl (C=O) groups is 2. The predicted octanol–water partition coefficient (Wildman–Crippen LogP) is -0.317. The first-order chi connectivity index (χ1) is 9.16. The van der Waals surface area contributed by atoms with Gasteiger partial charge in [0.2, 0.25) is 21.6 Å². The lowest BCUT2D eigenvalue weighted by atomic mass is 10.1. The zero-order valence-electron chi connectivity index (χ0n) is 11.5. The summed E-state index contributed by atoms with van der Waals surface area (Å²) in [5, 5.41) is 8.73. The highest BCUT2D eigenvalue weighted by Crippen LogP contribution is 2.26. The van der Waals surface area contributed by atoms with Crippen LogP contribution in [-0.2, 0) is 19.6 Å². The highest BCUT2D eigenvalue weighted by Gasteiger charge is 2.47. The summed E-state index contributed by atoms with van der Waals surface area (Å²) in [6.07, 6.45) is -0.320. The van der Waals surface area contributed by atoms with Crippen molar-refractivity contribution in [2.75, 3.05) is 31.9 Å². The number of rotatable bonds is 6. The van der Waals surface area contributed by atoms with Gasteiger partial charge >= 0.3 is 5.97 Å². The van der Waals surface area contributed by atoms with Gasteiger partial charge in [-0.2, -0.15) is 0 Å². The molecule has 9 heteroatoms. The molecule has 0 spiro atoms. The van der Waals surface area contributed by atoms with Crippen LogP contribution in [0.2, 0.25) is 0 Å². The summed E-state index contributed by atoms with van der Waals surface area (Å²) < 4.78 is 38.8. The summed E-state index contributed by atoms with van der Waals surface area (Å²) in [5.41, 5.74) is -2.48. The van der Waals surface area contributed by atoms with Crippen LogP contribution in [0, 0.1) is 0 Å². The molecule has 0 aliphatic carbocycles. The second-order valence-electron chi connectivity index (χ2n) is 4.68. The van der Waals surface area contributed by atoms with E-state index >= 15 is 0 Å². The Labute approximate surface area is 117 Å². The summed E-state index contributed by atoms with van der Waals surface area (Å²) in [7, 11) is -3.74. The average Bonchev–Trinajstić information content (AvgIpc) is 2.74. The highest BCUT2D eigenvalue weighted by atomic mass is 32.2. The molecule has 20 heavy (non-hydrogen) atoms. The Morgan fingerprint density at radius 2 is 1.90 bits per heavy atom. The first-order valence-electron chi connectivity index (χ1n) is 6.34. The Morgan fingerprint density at radius 1 is 1.35 bits per heavy atom. The van der Waals surface area contributed by atoms with Gasteiger partial charge in [-0.3, -0.25) is 4.79 Å². The Morgan fingerprint density at radius 3 is 2.30 bits per heavy atom. The second-order valence-corrected chi connectivity index (χ2v) is 6.65. The average molecular weight is 310 g/mol. The van der Waals surface area contributed by atoms with Crippen molar-refractivity contribution in [2.24, 2.45) is 0 Å². The topological polar surface area (TPSA) is 95.0 Å². The fraction of sp³-hybridized carbons (Fsp3) is 0.818. The van der Waals surface area contributed by atoms with Gasteiger partial charge in [-0.25, -0.2) is 21.9 Å². The molecule has 1 rings (SSSR count). The number of sulfonamides is 1. The molecular weight excluding hydrogens is 291 g/mol. The van der Waals surface area contributed by atoms with Gasteiger partial charge in [0.25, 0.3) is 0 Å². The Bertz CT molecular complexity index is 491. The van der Waals surface area contributed by atoms with Gasteiger partial charge in [0.05, 0.1) is 6.54 Å². The molecule has 7 nitrogen and oxygen atoms in total. The lowest BCUT2D eigenvalue weighted by Crippen LogP contribution is -2.43. The second kappa shape index (κ2) is 6.04. The normalized spacial score (nSPS) is 23.3. The molecule has 0 radical (unpaired) electrons. The maximum Gasteiger partial charge on any atom is 0.343 e. The minimum Gasteiger partial charge on any atom is -0.479 e. The van der Waals surface area contributed by atoms with Crippen molar-refractivity contribution in [1.29, 1.82) is 0 Å². The molecule has 1 amide bonds. The number of carbonyl (C=O) groups excluding carboxylic acids is 1. The number of nitrogens with zero attached hydrogens (tertiary/aromatic N) is 2. The zero-order valence-corrected chi connectivity index (χ0v) is 12.3. The first kappa shape index (κ1) is 16.8. The number of hydrogen-bond acceptors (Lipinski definition) is 4. The van der Waals surface area contributed by atoms with Crippen LogP contribution < -0.4 is 0 Å². The monoisotopic (exact) mass is 310 g/mol. The molecule has 1 aliphatic rings. The standard InChI is InChI=1S/C11H19FN2O5S/c1-3-14(4-2)20(18,19)7-9(15)13-6-5-11(12,8-13)10(16)17/h3-8H2,1-2H3,(H,16,17). The van der Waals surface area contributed by atoms with Crippen molar-refractivity contribution in [1.82, 2.24) is 9.21 Å². The van der Waals surface area contributed by atoms with E-state index in [0.29, 0.717) is 0 Å². The SMILES string of the molecule is CCN(CC)S(=O)(=O)CC(=O)N1CCC(F)(C(=O)O)C1. The molecular formula is C11H19FN2O5S. The quantitative estimate of drug-likeness (QED) is 0.726. The maximum atomic E-state index is 13.8. The molecule has 1 N–H and O–H groups in total.